The highest BCUT2D eigenvalue weighted by molar-refractivity contribution is 4.97. The summed E-state index contributed by atoms with van der Waals surface area (Å²) in [5, 5.41) is 0. The van der Waals surface area contributed by atoms with Crippen molar-refractivity contribution in [3.63, 3.8) is 0 Å². The molecule has 0 aromatic heterocycles. The maximum absolute atomic E-state index is 5.99. The number of ether oxygens (including phenoxy) is 3. The molecule has 0 unspecified atom stereocenters. The number of hydrogen-bond donors (Lipinski definition) is 0. The Morgan fingerprint density at radius 2 is 1.04 bits per heavy atom. The molecule has 0 rings (SSSR count). The van der Waals surface area contributed by atoms with Gasteiger partial charge in [0.1, 0.15) is 0 Å². The van der Waals surface area contributed by atoms with E-state index in [0.29, 0.717) is 5.95 Å². The molecule has 0 amide bonds. The molecule has 0 aliphatic heterocycles. The zero-order valence-electron chi connectivity index (χ0n) is 16.6. The van der Waals surface area contributed by atoms with Gasteiger partial charge in [-0.2, -0.15) is 0 Å². The van der Waals surface area contributed by atoms with Gasteiger partial charge in [-0.3, -0.25) is 0 Å². The minimum absolute atomic E-state index is 0.0866. The number of unbranched alkanes of at least 4 members (excludes halogenated alkanes) is 6. The average Bonchev–Trinajstić information content (AvgIpc) is 2.43. The molecule has 0 atom stereocenters. The standard InChI is InChI=1S/C20H40O3/c1-8-9-10-11-12-13-14-15-19(21-16(2)3)20(22-17(4)5)23-18(6)7/h16-18H,8-15H2,1-7H3. The Kier molecular flexibility index (Phi) is 13.1. The molecule has 0 radical (unpaired) electrons. The predicted molar refractivity (Wildman–Crippen MR) is 98.3 cm³/mol. The summed E-state index contributed by atoms with van der Waals surface area (Å²) in [7, 11) is 0. The van der Waals surface area contributed by atoms with Crippen LogP contribution in [0.2, 0.25) is 0 Å². The summed E-state index contributed by atoms with van der Waals surface area (Å²) < 4.78 is 17.7. The molecule has 0 N–H and O–H groups in total. The monoisotopic (exact) mass is 328 g/mol. The van der Waals surface area contributed by atoms with Crippen LogP contribution in [0.15, 0.2) is 11.7 Å². The third kappa shape index (κ3) is 13.3. The highest BCUT2D eigenvalue weighted by Crippen LogP contribution is 2.22. The molecule has 3 nitrogen and oxygen atoms in total. The van der Waals surface area contributed by atoms with Gasteiger partial charge in [0.05, 0.1) is 18.3 Å². The first-order chi connectivity index (χ1) is 10.9. The SMILES string of the molecule is CCCCCCCCCC(OC(C)C)=C(OC(C)C)OC(C)C. The van der Waals surface area contributed by atoms with Crippen molar-refractivity contribution in [3.05, 3.63) is 11.7 Å². The molecule has 0 bridgehead atoms. The molecule has 23 heavy (non-hydrogen) atoms. The topological polar surface area (TPSA) is 27.7 Å². The minimum atomic E-state index is 0.0866. The van der Waals surface area contributed by atoms with Crippen molar-refractivity contribution in [2.45, 2.75) is 118 Å². The first-order valence-electron chi connectivity index (χ1n) is 9.59. The lowest BCUT2D eigenvalue weighted by molar-refractivity contribution is -0.0401. The Balaban J connectivity index is 4.56. The van der Waals surface area contributed by atoms with Crippen LogP contribution in [0.3, 0.4) is 0 Å². The first-order valence-corrected chi connectivity index (χ1v) is 9.59. The second-order valence-electron chi connectivity index (χ2n) is 7.08. The van der Waals surface area contributed by atoms with Crippen molar-refractivity contribution >= 4 is 0 Å². The lowest BCUT2D eigenvalue weighted by atomic mass is 10.1. The molecular formula is C20H40O3. The average molecular weight is 329 g/mol. The van der Waals surface area contributed by atoms with E-state index >= 15 is 0 Å². The van der Waals surface area contributed by atoms with Gasteiger partial charge in [0.25, 0.3) is 0 Å². The molecule has 0 saturated heterocycles. The van der Waals surface area contributed by atoms with Gasteiger partial charge >= 0.3 is 5.95 Å². The molecule has 138 valence electrons. The Morgan fingerprint density at radius 3 is 1.48 bits per heavy atom. The van der Waals surface area contributed by atoms with E-state index in [1.54, 1.807) is 0 Å². The van der Waals surface area contributed by atoms with Gasteiger partial charge in [0, 0.05) is 6.42 Å². The van der Waals surface area contributed by atoms with Crippen LogP contribution >= 0.6 is 0 Å². The van der Waals surface area contributed by atoms with Gasteiger partial charge in [0.2, 0.25) is 0 Å². The van der Waals surface area contributed by atoms with E-state index in [0.717, 1.165) is 18.6 Å². The van der Waals surface area contributed by atoms with E-state index in [-0.39, 0.29) is 18.3 Å². The molecule has 0 spiro atoms. The lowest BCUT2D eigenvalue weighted by Crippen LogP contribution is -2.15. The zero-order valence-corrected chi connectivity index (χ0v) is 16.6. The van der Waals surface area contributed by atoms with Crippen LogP contribution in [0.5, 0.6) is 0 Å². The fraction of sp³-hybridized carbons (Fsp3) is 0.900. The molecule has 0 saturated carbocycles. The smallest absolute Gasteiger partial charge is 0.319 e. The van der Waals surface area contributed by atoms with Gasteiger partial charge < -0.3 is 14.2 Å². The molecule has 0 aliphatic carbocycles. The van der Waals surface area contributed by atoms with Crippen LogP contribution in [-0.4, -0.2) is 18.3 Å². The summed E-state index contributed by atoms with van der Waals surface area (Å²) in [6.07, 6.45) is 10.2. The Bertz CT molecular complexity index is 294. The van der Waals surface area contributed by atoms with E-state index < -0.39 is 0 Å². The molecule has 0 aromatic rings. The minimum Gasteiger partial charge on any atom is -0.488 e. The van der Waals surface area contributed by atoms with Crippen LogP contribution in [0.4, 0.5) is 0 Å². The lowest BCUT2D eigenvalue weighted by Gasteiger charge is -2.22. The third-order valence-electron chi connectivity index (χ3n) is 3.30. The van der Waals surface area contributed by atoms with Crippen LogP contribution < -0.4 is 0 Å². The molecule has 0 fully saturated rings. The molecule has 3 heteroatoms. The fourth-order valence-electron chi connectivity index (χ4n) is 2.32. The molecule has 0 heterocycles. The molecule has 0 aromatic carbocycles. The van der Waals surface area contributed by atoms with E-state index in [2.05, 4.69) is 6.92 Å². The maximum atomic E-state index is 5.99. The molecular weight excluding hydrogens is 288 g/mol. The van der Waals surface area contributed by atoms with E-state index in [1.165, 1.54) is 38.5 Å². The van der Waals surface area contributed by atoms with Gasteiger partial charge in [-0.25, -0.2) is 0 Å². The van der Waals surface area contributed by atoms with Crippen molar-refractivity contribution in [3.8, 4) is 0 Å². The van der Waals surface area contributed by atoms with Crippen LogP contribution in [0.25, 0.3) is 0 Å². The number of allylic oxidation sites excluding steroid dienone is 1. The Morgan fingerprint density at radius 1 is 0.609 bits per heavy atom. The normalized spacial score (nSPS) is 11.2. The summed E-state index contributed by atoms with van der Waals surface area (Å²) >= 11 is 0. The van der Waals surface area contributed by atoms with Crippen LogP contribution in [0.1, 0.15) is 99.8 Å². The summed E-state index contributed by atoms with van der Waals surface area (Å²) in [4.78, 5) is 0. The quantitative estimate of drug-likeness (QED) is 0.266. The van der Waals surface area contributed by atoms with E-state index in [1.807, 2.05) is 41.5 Å². The van der Waals surface area contributed by atoms with Gasteiger partial charge in [-0.1, -0.05) is 45.4 Å². The zero-order chi connectivity index (χ0) is 17.7. The summed E-state index contributed by atoms with van der Waals surface area (Å²) in [5.74, 6) is 1.45. The summed E-state index contributed by atoms with van der Waals surface area (Å²) in [5.41, 5.74) is 0. The van der Waals surface area contributed by atoms with Crippen LogP contribution in [-0.2, 0) is 14.2 Å². The summed E-state index contributed by atoms with van der Waals surface area (Å²) in [6.45, 7) is 14.4. The van der Waals surface area contributed by atoms with Crippen LogP contribution in [0, 0.1) is 0 Å². The highest BCUT2D eigenvalue weighted by atomic mass is 16.7. The third-order valence-corrected chi connectivity index (χ3v) is 3.30. The van der Waals surface area contributed by atoms with Crippen molar-refractivity contribution in [1.82, 2.24) is 0 Å². The largest absolute Gasteiger partial charge is 0.488 e. The number of hydrogen-bond acceptors (Lipinski definition) is 3. The molecule has 0 aliphatic rings. The van der Waals surface area contributed by atoms with Crippen molar-refractivity contribution in [2.75, 3.05) is 0 Å². The first kappa shape index (κ1) is 22.1. The second kappa shape index (κ2) is 13.6. The summed E-state index contributed by atoms with van der Waals surface area (Å²) in [6, 6.07) is 0. The Hall–Kier alpha value is -0.860. The fourth-order valence-corrected chi connectivity index (χ4v) is 2.32. The van der Waals surface area contributed by atoms with Crippen molar-refractivity contribution < 1.29 is 14.2 Å². The van der Waals surface area contributed by atoms with Crippen molar-refractivity contribution in [2.24, 2.45) is 0 Å². The van der Waals surface area contributed by atoms with Gasteiger partial charge in [-0.15, -0.1) is 0 Å². The Labute approximate surface area is 144 Å². The van der Waals surface area contributed by atoms with Crippen molar-refractivity contribution in [1.29, 1.82) is 0 Å². The highest BCUT2D eigenvalue weighted by Gasteiger charge is 2.16. The van der Waals surface area contributed by atoms with E-state index in [9.17, 15) is 0 Å². The maximum Gasteiger partial charge on any atom is 0.319 e. The van der Waals surface area contributed by atoms with Gasteiger partial charge in [0.15, 0.2) is 5.76 Å². The predicted octanol–water partition coefficient (Wildman–Crippen LogP) is 6.57. The number of rotatable bonds is 14. The van der Waals surface area contributed by atoms with E-state index in [4.69, 9.17) is 14.2 Å². The second-order valence-corrected chi connectivity index (χ2v) is 7.08. The van der Waals surface area contributed by atoms with Gasteiger partial charge in [-0.05, 0) is 48.0 Å².